The lowest BCUT2D eigenvalue weighted by Crippen LogP contribution is -2.46. The predicted molar refractivity (Wildman–Crippen MR) is 139 cm³/mol. The maximum Gasteiger partial charge on any atom is 0.329 e. The molecule has 1 aromatic heterocycles. The normalized spacial score (nSPS) is 14.8. The third-order valence-electron chi connectivity index (χ3n) is 6.48. The van der Waals surface area contributed by atoms with Gasteiger partial charge in [0, 0.05) is 30.6 Å². The van der Waals surface area contributed by atoms with Gasteiger partial charge in [-0.15, -0.1) is 0 Å². The van der Waals surface area contributed by atoms with Gasteiger partial charge < -0.3 is 18.8 Å². The maximum atomic E-state index is 12.8. The number of ether oxygens (including phenoxy) is 2. The van der Waals surface area contributed by atoms with Gasteiger partial charge in [-0.25, -0.2) is 9.78 Å². The second-order valence-corrected chi connectivity index (χ2v) is 8.85. The number of rotatable bonds is 8. The van der Waals surface area contributed by atoms with Crippen LogP contribution in [-0.2, 0) is 28.9 Å². The lowest BCUT2D eigenvalue weighted by atomic mass is 9.93. The fraction of sp³-hybridized carbons (Fsp3) is 0.267. The van der Waals surface area contributed by atoms with Crippen molar-refractivity contribution in [1.29, 1.82) is 0 Å². The number of aromatic nitrogens is 1. The highest BCUT2D eigenvalue weighted by Gasteiger charge is 2.33. The van der Waals surface area contributed by atoms with Crippen LogP contribution in [0.25, 0.3) is 11.5 Å². The van der Waals surface area contributed by atoms with Gasteiger partial charge in [-0.05, 0) is 61.4 Å². The van der Waals surface area contributed by atoms with E-state index in [1.807, 2.05) is 80.6 Å². The standard InChI is InChI=1S/C30H30N2O4/c1-3-34-30(33)28-19-23-14-15-26(18-24(23)20-32(28)25-12-8-5-9-13-25)35-17-16-27-21(2)36-29(31-27)22-10-6-4-7-11-22/h4-15,18,28H,3,16-17,19-20H2,1-2H3. The molecule has 36 heavy (non-hydrogen) atoms. The Kier molecular flexibility index (Phi) is 7.03. The van der Waals surface area contributed by atoms with E-state index in [1.54, 1.807) is 0 Å². The Balaban J connectivity index is 1.28. The second kappa shape index (κ2) is 10.7. The molecule has 0 spiro atoms. The van der Waals surface area contributed by atoms with Crippen LogP contribution in [0.2, 0.25) is 0 Å². The van der Waals surface area contributed by atoms with Crippen molar-refractivity contribution in [2.24, 2.45) is 0 Å². The monoisotopic (exact) mass is 482 g/mol. The molecule has 6 heteroatoms. The first-order chi connectivity index (χ1) is 17.6. The van der Waals surface area contributed by atoms with Gasteiger partial charge in [0.25, 0.3) is 0 Å². The maximum absolute atomic E-state index is 12.8. The number of esters is 1. The number of hydrogen-bond donors (Lipinski definition) is 0. The number of para-hydroxylation sites is 1. The fourth-order valence-corrected chi connectivity index (χ4v) is 4.62. The molecular weight excluding hydrogens is 452 g/mol. The van der Waals surface area contributed by atoms with Crippen molar-refractivity contribution in [3.05, 3.63) is 101 Å². The van der Waals surface area contributed by atoms with E-state index in [4.69, 9.17) is 13.9 Å². The minimum Gasteiger partial charge on any atom is -0.493 e. The zero-order chi connectivity index (χ0) is 24.9. The summed E-state index contributed by atoms with van der Waals surface area (Å²) in [4.78, 5) is 19.5. The van der Waals surface area contributed by atoms with Crippen LogP contribution in [0, 0.1) is 6.92 Å². The molecule has 0 radical (unpaired) electrons. The van der Waals surface area contributed by atoms with Gasteiger partial charge >= 0.3 is 5.97 Å². The largest absolute Gasteiger partial charge is 0.493 e. The summed E-state index contributed by atoms with van der Waals surface area (Å²) >= 11 is 0. The lowest BCUT2D eigenvalue weighted by molar-refractivity contribution is -0.144. The van der Waals surface area contributed by atoms with Crippen molar-refractivity contribution in [2.45, 2.75) is 39.3 Å². The molecule has 0 saturated heterocycles. The lowest BCUT2D eigenvalue weighted by Gasteiger charge is -2.37. The number of carbonyl (C=O) groups excluding carboxylic acids is 1. The number of carbonyl (C=O) groups is 1. The predicted octanol–water partition coefficient (Wildman–Crippen LogP) is 5.77. The van der Waals surface area contributed by atoms with Crippen LogP contribution in [0.3, 0.4) is 0 Å². The number of nitrogens with zero attached hydrogens (tertiary/aromatic N) is 2. The molecule has 5 rings (SSSR count). The summed E-state index contributed by atoms with van der Waals surface area (Å²) in [5.41, 5.74) is 5.17. The summed E-state index contributed by atoms with van der Waals surface area (Å²) in [7, 11) is 0. The number of oxazole rings is 1. The van der Waals surface area contributed by atoms with Crippen molar-refractivity contribution < 1.29 is 18.7 Å². The molecule has 184 valence electrons. The topological polar surface area (TPSA) is 64.8 Å². The van der Waals surface area contributed by atoms with Crippen LogP contribution in [0.4, 0.5) is 5.69 Å². The van der Waals surface area contributed by atoms with Crippen LogP contribution in [0.5, 0.6) is 5.75 Å². The second-order valence-electron chi connectivity index (χ2n) is 8.85. The van der Waals surface area contributed by atoms with Crippen LogP contribution < -0.4 is 9.64 Å². The molecule has 4 aromatic rings. The van der Waals surface area contributed by atoms with Crippen LogP contribution >= 0.6 is 0 Å². The van der Waals surface area contributed by atoms with Gasteiger partial charge in [-0.2, -0.15) is 0 Å². The van der Waals surface area contributed by atoms with E-state index in [-0.39, 0.29) is 12.0 Å². The number of benzene rings is 3. The van der Waals surface area contributed by atoms with Gasteiger partial charge in [0.05, 0.1) is 18.9 Å². The summed E-state index contributed by atoms with van der Waals surface area (Å²) in [5, 5.41) is 0. The number of aryl methyl sites for hydroxylation is 1. The smallest absolute Gasteiger partial charge is 0.329 e. The van der Waals surface area contributed by atoms with E-state index in [1.165, 1.54) is 0 Å². The van der Waals surface area contributed by atoms with Crippen molar-refractivity contribution in [3.8, 4) is 17.2 Å². The highest BCUT2D eigenvalue weighted by atomic mass is 16.5. The van der Waals surface area contributed by atoms with E-state index in [2.05, 4.69) is 22.0 Å². The van der Waals surface area contributed by atoms with Gasteiger partial charge in [0.15, 0.2) is 0 Å². The Labute approximate surface area is 211 Å². The highest BCUT2D eigenvalue weighted by molar-refractivity contribution is 5.81. The van der Waals surface area contributed by atoms with Gasteiger partial charge in [0.2, 0.25) is 5.89 Å². The molecule has 6 nitrogen and oxygen atoms in total. The van der Waals surface area contributed by atoms with E-state index >= 15 is 0 Å². The Bertz CT molecular complexity index is 1320. The van der Waals surface area contributed by atoms with Crippen LogP contribution in [-0.4, -0.2) is 30.2 Å². The van der Waals surface area contributed by atoms with Crippen molar-refractivity contribution in [1.82, 2.24) is 4.98 Å². The minimum atomic E-state index is -0.347. The summed E-state index contributed by atoms with van der Waals surface area (Å²) in [6.45, 7) is 5.26. The van der Waals surface area contributed by atoms with Gasteiger partial charge in [-0.1, -0.05) is 42.5 Å². The first kappa shape index (κ1) is 23.7. The Morgan fingerprint density at radius 3 is 2.53 bits per heavy atom. The van der Waals surface area contributed by atoms with E-state index in [0.717, 1.165) is 39.6 Å². The molecule has 0 saturated carbocycles. The van der Waals surface area contributed by atoms with E-state index in [9.17, 15) is 4.79 Å². The average molecular weight is 483 g/mol. The summed E-state index contributed by atoms with van der Waals surface area (Å²) in [6.07, 6.45) is 1.25. The zero-order valence-electron chi connectivity index (χ0n) is 20.6. The molecule has 2 heterocycles. The summed E-state index contributed by atoms with van der Waals surface area (Å²) < 4.78 is 17.4. The Morgan fingerprint density at radius 2 is 1.78 bits per heavy atom. The van der Waals surface area contributed by atoms with Crippen LogP contribution in [0.1, 0.15) is 29.5 Å². The average Bonchev–Trinajstić information content (AvgIpc) is 3.29. The summed E-state index contributed by atoms with van der Waals surface area (Å²) in [6, 6.07) is 25.7. The zero-order valence-corrected chi connectivity index (χ0v) is 20.6. The number of fused-ring (bicyclic) bond motifs is 1. The SMILES string of the molecule is CCOC(=O)C1Cc2ccc(OCCc3nc(-c4ccccc4)oc3C)cc2CN1c1ccccc1. The molecule has 1 aliphatic heterocycles. The summed E-state index contributed by atoms with van der Waals surface area (Å²) in [5.74, 6) is 2.06. The Morgan fingerprint density at radius 1 is 1.03 bits per heavy atom. The van der Waals surface area contributed by atoms with Crippen molar-refractivity contribution in [3.63, 3.8) is 0 Å². The van der Waals surface area contributed by atoms with Crippen LogP contribution in [0.15, 0.2) is 83.3 Å². The highest BCUT2D eigenvalue weighted by Crippen LogP contribution is 2.31. The molecule has 0 amide bonds. The Hall–Kier alpha value is -4.06. The third-order valence-corrected chi connectivity index (χ3v) is 6.48. The first-order valence-electron chi connectivity index (χ1n) is 12.4. The molecule has 3 aromatic carbocycles. The first-order valence-corrected chi connectivity index (χ1v) is 12.4. The van der Waals surface area contributed by atoms with Gasteiger partial charge in [-0.3, -0.25) is 0 Å². The fourth-order valence-electron chi connectivity index (χ4n) is 4.62. The molecule has 0 bridgehead atoms. The molecule has 0 N–H and O–H groups in total. The van der Waals surface area contributed by atoms with E-state index in [0.29, 0.717) is 38.5 Å². The van der Waals surface area contributed by atoms with Crippen molar-refractivity contribution >= 4 is 11.7 Å². The molecule has 1 atom stereocenters. The quantitative estimate of drug-likeness (QED) is 0.297. The van der Waals surface area contributed by atoms with E-state index < -0.39 is 0 Å². The minimum absolute atomic E-state index is 0.190. The number of hydrogen-bond acceptors (Lipinski definition) is 6. The third kappa shape index (κ3) is 5.13. The van der Waals surface area contributed by atoms with Gasteiger partial charge in [0.1, 0.15) is 17.6 Å². The molecule has 0 aliphatic carbocycles. The number of anilines is 1. The molecular formula is C30H30N2O4. The molecule has 1 unspecified atom stereocenters. The van der Waals surface area contributed by atoms with Crippen molar-refractivity contribution in [2.75, 3.05) is 18.1 Å². The molecule has 1 aliphatic rings. The molecule has 0 fully saturated rings.